The number of aryl methyl sites for hydroxylation is 1. The molecule has 5 rings (SSSR count). The summed E-state index contributed by atoms with van der Waals surface area (Å²) in [6.45, 7) is 1.91. The van der Waals surface area contributed by atoms with Gasteiger partial charge in [0.1, 0.15) is 0 Å². The van der Waals surface area contributed by atoms with E-state index < -0.39 is 15.0 Å². The van der Waals surface area contributed by atoms with Gasteiger partial charge in [-0.2, -0.15) is 0 Å². The maximum atomic E-state index is 5.71. The van der Waals surface area contributed by atoms with Gasteiger partial charge >= 0.3 is 195 Å². The van der Waals surface area contributed by atoms with Crippen molar-refractivity contribution in [1.82, 2.24) is 24.7 Å². The monoisotopic (exact) mass is 502 g/mol. The predicted molar refractivity (Wildman–Crippen MR) is 126 cm³/mol. The first kappa shape index (κ1) is 20.0. The number of nitrogens with zero attached hydrogens (tertiary/aromatic N) is 5. The molecule has 1 aliphatic rings. The Balaban J connectivity index is 1.75. The second-order valence-corrected chi connectivity index (χ2v) is 16.0. The first-order valence-corrected chi connectivity index (χ1v) is 17.4. The zero-order valence-corrected chi connectivity index (χ0v) is 20.8. The molecule has 4 heterocycles. The van der Waals surface area contributed by atoms with Crippen LogP contribution in [0.5, 0.6) is 0 Å². The summed E-state index contributed by atoms with van der Waals surface area (Å²) in [6, 6.07) is 22.5. The second kappa shape index (κ2) is 8.68. The quantitative estimate of drug-likeness (QED) is 0.278. The molecule has 3 aromatic heterocycles. The van der Waals surface area contributed by atoms with Crippen molar-refractivity contribution in [3.8, 4) is 5.82 Å². The van der Waals surface area contributed by atoms with Crippen molar-refractivity contribution in [2.75, 3.05) is 0 Å². The van der Waals surface area contributed by atoms with E-state index >= 15 is 0 Å². The molecule has 0 aliphatic carbocycles. The zero-order chi connectivity index (χ0) is 20.5. The number of thiocarbonyl (C=S) groups is 1. The molecule has 1 atom stereocenters. The van der Waals surface area contributed by atoms with Crippen LogP contribution in [0, 0.1) is 6.92 Å². The number of rotatable bonds is 1. The van der Waals surface area contributed by atoms with Crippen LogP contribution in [0.25, 0.3) is 5.82 Å². The summed E-state index contributed by atoms with van der Waals surface area (Å²) in [6.07, 6.45) is 0. The van der Waals surface area contributed by atoms with E-state index in [9.17, 15) is 0 Å². The van der Waals surface area contributed by atoms with Gasteiger partial charge in [0, 0.05) is 0 Å². The third-order valence-electron chi connectivity index (χ3n) is 4.67. The normalized spacial score (nSPS) is 15.9. The molecule has 1 unspecified atom stereocenters. The van der Waals surface area contributed by atoms with Gasteiger partial charge in [-0.1, -0.05) is 0 Å². The van der Waals surface area contributed by atoms with Crippen molar-refractivity contribution in [2.24, 2.45) is 0 Å². The van der Waals surface area contributed by atoms with Crippen molar-refractivity contribution in [3.05, 3.63) is 95.2 Å². The molecular formula is C21H15GaN5S3. The molecule has 0 N–H and O–H groups in total. The van der Waals surface area contributed by atoms with Gasteiger partial charge in [0.25, 0.3) is 0 Å². The molecule has 30 heavy (non-hydrogen) atoms. The van der Waals surface area contributed by atoms with Gasteiger partial charge in [-0.25, -0.2) is 0 Å². The summed E-state index contributed by atoms with van der Waals surface area (Å²) in [5.41, 5.74) is 3.86. The van der Waals surface area contributed by atoms with Crippen LogP contribution < -0.4 is 0 Å². The minimum atomic E-state index is -0.821. The van der Waals surface area contributed by atoms with E-state index in [-0.39, 0.29) is 5.92 Å². The summed E-state index contributed by atoms with van der Waals surface area (Å²) >= 11 is 4.89. The molecule has 1 aliphatic heterocycles. The molecule has 9 heteroatoms. The van der Waals surface area contributed by atoms with Crippen LogP contribution in [0.2, 0.25) is 0 Å². The van der Waals surface area contributed by atoms with E-state index in [1.807, 2.05) is 54.1 Å². The fourth-order valence-corrected chi connectivity index (χ4v) is 12.8. The third-order valence-corrected chi connectivity index (χ3v) is 14.4. The zero-order valence-electron chi connectivity index (χ0n) is 16.0. The molecule has 145 valence electrons. The van der Waals surface area contributed by atoms with Crippen LogP contribution >= 0.6 is 31.6 Å². The summed E-state index contributed by atoms with van der Waals surface area (Å²) in [7, 11) is 3.51. The van der Waals surface area contributed by atoms with Crippen molar-refractivity contribution >= 4 is 50.8 Å². The van der Waals surface area contributed by atoms with Crippen LogP contribution in [0.4, 0.5) is 0 Å². The molecule has 0 amide bonds. The topological polar surface area (TPSA) is 56.5 Å². The van der Waals surface area contributed by atoms with Crippen molar-refractivity contribution in [3.63, 3.8) is 0 Å². The van der Waals surface area contributed by atoms with Gasteiger partial charge in [-0.3, -0.25) is 0 Å². The standard InChI is InChI=1S/C21H17N5S3.Ga/c1-13-22-21(29)26(25-13)18-12-6-10-16(24-18)19(14-7-3-2-4-8-14)15-9-5-11-17(23-15)20(27)28;/h2-12,19H,1H3,(H,27,28)(H,22,25,29);/q;+2/p-2. The average molecular weight is 503 g/mol. The fraction of sp³-hybridized carbons (Fsp3) is 0.0952. The van der Waals surface area contributed by atoms with E-state index in [0.717, 1.165) is 43.6 Å². The summed E-state index contributed by atoms with van der Waals surface area (Å²) in [4.78, 5) is 14.6. The van der Waals surface area contributed by atoms with E-state index in [0.29, 0.717) is 0 Å². The van der Waals surface area contributed by atoms with Gasteiger partial charge in [0.05, 0.1) is 0 Å². The third kappa shape index (κ3) is 4.00. The molecule has 1 aromatic carbocycles. The number of fused-ring (bicyclic) bond motifs is 6. The maximum absolute atomic E-state index is 5.71. The molecule has 1 radical (unpaired) electrons. The fourth-order valence-electron chi connectivity index (χ4n) is 3.38. The van der Waals surface area contributed by atoms with E-state index in [2.05, 4.69) is 34.3 Å². The number of pyridine rings is 2. The first-order valence-electron chi connectivity index (χ1n) is 9.31. The Morgan fingerprint density at radius 1 is 0.867 bits per heavy atom. The molecule has 0 saturated heterocycles. The Morgan fingerprint density at radius 3 is 2.47 bits per heavy atom. The summed E-state index contributed by atoms with van der Waals surface area (Å²) in [5.74, 6) is 1.42. The Kier molecular flexibility index (Phi) is 5.79. The van der Waals surface area contributed by atoms with Crippen molar-refractivity contribution < 1.29 is 0 Å². The molecule has 5 nitrogen and oxygen atoms in total. The van der Waals surface area contributed by atoms with Crippen LogP contribution in [-0.4, -0.2) is 43.9 Å². The van der Waals surface area contributed by atoms with Crippen molar-refractivity contribution in [1.29, 1.82) is 0 Å². The Hall–Kier alpha value is -1.91. The first-order chi connectivity index (χ1) is 14.7. The van der Waals surface area contributed by atoms with Gasteiger partial charge < -0.3 is 0 Å². The molecule has 0 spiro atoms. The second-order valence-electron chi connectivity index (χ2n) is 6.68. The predicted octanol–water partition coefficient (Wildman–Crippen LogP) is 4.59. The molecule has 4 bridgehead atoms. The van der Waals surface area contributed by atoms with E-state index in [4.69, 9.17) is 22.2 Å². The van der Waals surface area contributed by atoms with Crippen molar-refractivity contribution in [2.45, 2.75) is 18.0 Å². The van der Waals surface area contributed by atoms with Gasteiger partial charge in [-0.05, 0) is 0 Å². The molecule has 0 fully saturated rings. The van der Waals surface area contributed by atoms with Crippen LogP contribution in [0.1, 0.15) is 34.4 Å². The number of hydrogen-bond donors (Lipinski definition) is 0. The Bertz CT molecular complexity index is 1230. The van der Waals surface area contributed by atoms with Gasteiger partial charge in [-0.15, -0.1) is 0 Å². The average Bonchev–Trinajstić information content (AvgIpc) is 3.15. The Labute approximate surface area is 193 Å². The number of hydrogen-bond acceptors (Lipinski definition) is 7. The SMILES string of the molecule is Cc1nc2n(n1)-c1cccc(n1)C(c1ccccc1)c1cccc(n1)C(=S)[S][Ga][S]2. The van der Waals surface area contributed by atoms with E-state index in [1.165, 1.54) is 0 Å². The van der Waals surface area contributed by atoms with Crippen LogP contribution in [0.3, 0.4) is 0 Å². The minimum absolute atomic E-state index is 0.0980. The molecular weight excluding hydrogens is 488 g/mol. The van der Waals surface area contributed by atoms with Gasteiger partial charge in [0.2, 0.25) is 0 Å². The number of benzene rings is 1. The van der Waals surface area contributed by atoms with E-state index in [1.54, 1.807) is 19.4 Å². The molecule has 4 aromatic rings. The molecule has 0 saturated carbocycles. The van der Waals surface area contributed by atoms with Gasteiger partial charge in [0.15, 0.2) is 0 Å². The van der Waals surface area contributed by atoms with Crippen LogP contribution in [0.15, 0.2) is 71.9 Å². The summed E-state index contributed by atoms with van der Waals surface area (Å²) in [5, 5.41) is 5.49. The Morgan fingerprint density at radius 2 is 1.63 bits per heavy atom. The summed E-state index contributed by atoms with van der Waals surface area (Å²) < 4.78 is 2.70. The van der Waals surface area contributed by atoms with Crippen LogP contribution in [-0.2, 0) is 0 Å². The number of aromatic nitrogens is 5.